The molecule has 1 spiro atoms. The molecule has 4 fully saturated rings. The van der Waals surface area contributed by atoms with Crippen LogP contribution in [-0.2, 0) is 14.8 Å². The summed E-state index contributed by atoms with van der Waals surface area (Å²) in [5, 5.41) is 27.0. The molecule has 4 N–H and O–H groups in total. The number of ether oxygens (including phenoxy) is 3. The minimum absolute atomic E-state index is 0.00406. The summed E-state index contributed by atoms with van der Waals surface area (Å²) >= 11 is 0. The number of carbonyl (C=O) groups excluding carboxylic acids is 1. The predicted molar refractivity (Wildman–Crippen MR) is 277 cm³/mol. The molecule has 0 unspecified atom stereocenters. The van der Waals surface area contributed by atoms with Gasteiger partial charge in [-0.1, -0.05) is 38.1 Å². The highest BCUT2D eigenvalue weighted by molar-refractivity contribution is 7.90. The van der Waals surface area contributed by atoms with Gasteiger partial charge in [0.15, 0.2) is 23.0 Å². The summed E-state index contributed by atoms with van der Waals surface area (Å²) in [4.78, 5) is 40.8. The number of nitrogens with zero attached hydrogens (tertiary/aromatic N) is 5. The fraction of sp³-hybridized carbons (Fsp3) is 0.519. The first-order chi connectivity index (χ1) is 34.5. The Hall–Kier alpha value is -5.95. The molecule has 72 heavy (non-hydrogen) atoms. The maximum absolute atomic E-state index is 14.4. The van der Waals surface area contributed by atoms with Crippen LogP contribution in [0.25, 0.3) is 11.0 Å². The van der Waals surface area contributed by atoms with Gasteiger partial charge in [0.1, 0.15) is 18.0 Å². The summed E-state index contributed by atoms with van der Waals surface area (Å²) in [7, 11) is -1.23. The first-order valence-electron chi connectivity index (χ1n) is 25.6. The van der Waals surface area contributed by atoms with Gasteiger partial charge in [-0.05, 0) is 130 Å². The topological polar surface area (TPSA) is 205 Å². The van der Waals surface area contributed by atoms with Crippen molar-refractivity contribution in [2.45, 2.75) is 120 Å². The van der Waals surface area contributed by atoms with E-state index >= 15 is 0 Å². The van der Waals surface area contributed by atoms with Gasteiger partial charge in [-0.3, -0.25) is 19.8 Å². The molecule has 1 amide bonds. The molecule has 5 aliphatic rings. The minimum Gasteiger partial charge on any atom is -0.489 e. The van der Waals surface area contributed by atoms with Gasteiger partial charge in [-0.2, -0.15) is 0 Å². The highest BCUT2D eigenvalue weighted by atomic mass is 32.2. The molecule has 384 valence electrons. The summed E-state index contributed by atoms with van der Waals surface area (Å²) in [5.41, 5.74) is 3.45. The van der Waals surface area contributed by atoms with Crippen molar-refractivity contribution in [1.29, 1.82) is 0 Å². The molecular weight excluding hydrogens is 937 g/mol. The number of sulfonamides is 1. The molecule has 3 aromatic carbocycles. The summed E-state index contributed by atoms with van der Waals surface area (Å²) in [6.45, 7) is 10.2. The number of nitrogens with one attached hydrogen (secondary N) is 3. The summed E-state index contributed by atoms with van der Waals surface area (Å²) < 4.78 is 48.7. The van der Waals surface area contributed by atoms with Crippen LogP contribution in [0.5, 0.6) is 17.2 Å². The third-order valence-electron chi connectivity index (χ3n) is 16.4. The molecule has 3 aliphatic heterocycles. The van der Waals surface area contributed by atoms with E-state index in [2.05, 4.69) is 62.9 Å². The van der Waals surface area contributed by atoms with Crippen LogP contribution < -0.4 is 29.3 Å². The zero-order valence-electron chi connectivity index (χ0n) is 42.0. The van der Waals surface area contributed by atoms with Crippen LogP contribution in [0, 0.1) is 21.4 Å². The zero-order valence-corrected chi connectivity index (χ0v) is 42.8. The van der Waals surface area contributed by atoms with Crippen LogP contribution >= 0.6 is 0 Å². The smallest absolute Gasteiger partial charge is 0.297 e. The molecule has 0 bridgehead atoms. The number of benzene rings is 3. The summed E-state index contributed by atoms with van der Waals surface area (Å²) in [6, 6.07) is 20.8. The molecule has 5 heterocycles. The number of H-pyrrole nitrogens is 1. The number of fused-ring (bicyclic) bond motifs is 2. The van der Waals surface area contributed by atoms with Gasteiger partial charge in [-0.25, -0.2) is 18.1 Å². The van der Waals surface area contributed by atoms with E-state index in [9.17, 15) is 28.4 Å². The number of rotatable bonds is 15. The van der Waals surface area contributed by atoms with Crippen molar-refractivity contribution in [2.75, 3.05) is 68.7 Å². The lowest BCUT2D eigenvalue weighted by Crippen LogP contribution is -2.54. The number of hydrogen-bond donors (Lipinski definition) is 4. The van der Waals surface area contributed by atoms with Gasteiger partial charge in [0.05, 0.1) is 33.6 Å². The number of aromatic nitrogens is 2. The third-order valence-corrected chi connectivity index (χ3v) is 17.7. The standard InChI is InChI=1S/C54H68N8O9S/c1-34(2)40-9-6-7-10-41(40)44-11-8-22-61(44)38-31-54(32-38)19-23-60(24-20-54)37-12-13-42(46(28-37)71-48-27-36-16-21-55-50(36)57-51(48)59(4)25-26-69-5)52(63)58-72(67,68)39-29-45(62(65)66)49-47(30-39)70-33-43(56-49)35-14-17-53(3,64)18-15-35/h6-7,9-10,12-13,16,21,27-30,34-35,38,43-44,56,64H,8,11,14-15,17-20,22-26,31-33H2,1-5H3,(H,55,57)(H,58,63)/t35?,43-,44-,53?/m1/s1. The van der Waals surface area contributed by atoms with Crippen molar-refractivity contribution in [3.63, 3.8) is 0 Å². The molecule has 10 rings (SSSR count). The van der Waals surface area contributed by atoms with Gasteiger partial charge in [-0.15, -0.1) is 0 Å². The highest BCUT2D eigenvalue weighted by Crippen LogP contribution is 2.54. The molecule has 0 radical (unpaired) electrons. The number of likely N-dealkylation sites (N-methyl/N-ethyl adjacent to an activating group) is 1. The first-order valence-corrected chi connectivity index (χ1v) is 27.1. The fourth-order valence-corrected chi connectivity index (χ4v) is 13.2. The maximum atomic E-state index is 14.4. The Labute approximate surface area is 421 Å². The number of aromatic amines is 1. The average Bonchev–Trinajstić information content (AvgIpc) is 4.04. The number of aliphatic hydroxyl groups is 1. The molecular formula is C54H68N8O9S. The lowest BCUT2D eigenvalue weighted by molar-refractivity contribution is -0.384. The number of pyridine rings is 1. The summed E-state index contributed by atoms with van der Waals surface area (Å²) in [5.74, 6) is 0.526. The predicted octanol–water partition coefficient (Wildman–Crippen LogP) is 9.29. The lowest BCUT2D eigenvalue weighted by atomic mass is 9.59. The second kappa shape index (κ2) is 19.8. The Bertz CT molecular complexity index is 2930. The monoisotopic (exact) mass is 1000 g/mol. The Morgan fingerprint density at radius 2 is 1.79 bits per heavy atom. The van der Waals surface area contributed by atoms with E-state index in [4.69, 9.17) is 19.2 Å². The largest absolute Gasteiger partial charge is 0.489 e. The molecule has 2 aliphatic carbocycles. The van der Waals surface area contributed by atoms with Gasteiger partial charge in [0.2, 0.25) is 0 Å². The number of nitro groups is 1. The third kappa shape index (κ3) is 9.94. The van der Waals surface area contributed by atoms with Crippen LogP contribution in [0.4, 0.5) is 22.9 Å². The first kappa shape index (κ1) is 49.6. The maximum Gasteiger partial charge on any atom is 0.297 e. The normalized spacial score (nSPS) is 23.3. The molecule has 2 saturated heterocycles. The number of methoxy groups -OCH3 is 1. The van der Waals surface area contributed by atoms with E-state index in [0.29, 0.717) is 74.1 Å². The Balaban J connectivity index is 0.899. The molecule has 2 aromatic heterocycles. The summed E-state index contributed by atoms with van der Waals surface area (Å²) in [6.07, 6.45) is 11.2. The van der Waals surface area contributed by atoms with Crippen molar-refractivity contribution in [3.8, 4) is 17.2 Å². The SMILES string of the molecule is COCCN(C)c1nc2[nH]ccc2cc1Oc1cc(N2CCC3(CC2)CC(N2CCC[C@@H]2c2ccccc2C(C)C)C3)ccc1C(=O)NS(=O)(=O)c1cc2c(c([N+](=O)[O-])c1)N[C@@H](C1CCC(C)(O)CC1)CO2. The van der Waals surface area contributed by atoms with Crippen molar-refractivity contribution < 1.29 is 37.5 Å². The van der Waals surface area contributed by atoms with E-state index < -0.39 is 37.0 Å². The Morgan fingerprint density at radius 3 is 2.53 bits per heavy atom. The van der Waals surface area contributed by atoms with Crippen LogP contribution in [0.15, 0.2) is 77.8 Å². The van der Waals surface area contributed by atoms with E-state index in [0.717, 1.165) is 49.6 Å². The molecule has 2 atom stereocenters. The lowest BCUT2D eigenvalue weighted by Gasteiger charge is -2.56. The number of hydrogen-bond acceptors (Lipinski definition) is 14. The van der Waals surface area contributed by atoms with Crippen LogP contribution in [0.1, 0.15) is 118 Å². The number of amides is 1. The van der Waals surface area contributed by atoms with Crippen LogP contribution in [0.3, 0.4) is 0 Å². The molecule has 5 aromatic rings. The molecule has 18 heteroatoms. The Morgan fingerprint density at radius 1 is 1.03 bits per heavy atom. The van der Waals surface area contributed by atoms with E-state index in [-0.39, 0.29) is 46.7 Å². The van der Waals surface area contributed by atoms with Gasteiger partial charge < -0.3 is 39.4 Å². The zero-order chi connectivity index (χ0) is 50.5. The van der Waals surface area contributed by atoms with E-state index in [1.165, 1.54) is 42.9 Å². The second-order valence-corrected chi connectivity index (χ2v) is 23.2. The van der Waals surface area contributed by atoms with Crippen molar-refractivity contribution >= 4 is 49.8 Å². The molecule has 17 nitrogen and oxygen atoms in total. The van der Waals surface area contributed by atoms with Crippen LogP contribution in [0.2, 0.25) is 0 Å². The Kier molecular flexibility index (Phi) is 13.7. The number of nitro benzene ring substituents is 1. The highest BCUT2D eigenvalue weighted by Gasteiger charge is 2.50. The fourth-order valence-electron chi connectivity index (χ4n) is 12.2. The van der Waals surface area contributed by atoms with Gasteiger partial charge >= 0.3 is 0 Å². The quantitative estimate of drug-likeness (QED) is 0.0570. The number of anilines is 3. The van der Waals surface area contributed by atoms with Gasteiger partial charge in [0, 0.05) is 81.3 Å². The second-order valence-electron chi connectivity index (χ2n) is 21.6. The van der Waals surface area contributed by atoms with E-state index in [1.807, 2.05) is 37.1 Å². The van der Waals surface area contributed by atoms with Gasteiger partial charge in [0.25, 0.3) is 21.6 Å². The van der Waals surface area contributed by atoms with Crippen LogP contribution in [-0.4, -0.2) is 110 Å². The number of likely N-dealkylation sites (tertiary alicyclic amines) is 1. The van der Waals surface area contributed by atoms with Crippen molar-refractivity contribution in [3.05, 3.63) is 99.7 Å². The minimum atomic E-state index is -4.71. The number of piperidine rings is 1. The van der Waals surface area contributed by atoms with Crippen molar-refractivity contribution in [2.24, 2.45) is 11.3 Å². The molecule has 2 saturated carbocycles. The number of carbonyl (C=O) groups is 1. The van der Waals surface area contributed by atoms with E-state index in [1.54, 1.807) is 25.4 Å². The van der Waals surface area contributed by atoms with Crippen molar-refractivity contribution in [1.82, 2.24) is 19.6 Å². The average molecular weight is 1010 g/mol.